The third-order valence-corrected chi connectivity index (χ3v) is 7.12. The average molecular weight is 732 g/mol. The number of nitrogens with zero attached hydrogens (tertiary/aromatic N) is 6. The normalized spacial score (nSPS) is 10.6. The van der Waals surface area contributed by atoms with E-state index < -0.39 is 11.9 Å². The molecule has 0 bridgehead atoms. The Morgan fingerprint density at radius 1 is 0.569 bits per heavy atom. The van der Waals surface area contributed by atoms with Gasteiger partial charge in [0.25, 0.3) is 11.1 Å². The van der Waals surface area contributed by atoms with Crippen molar-refractivity contribution < 1.29 is 66.7 Å². The first kappa shape index (κ1) is 40.0. The van der Waals surface area contributed by atoms with Crippen LogP contribution in [0.4, 0.5) is 22.7 Å². The minimum absolute atomic E-state index is 0. The van der Waals surface area contributed by atoms with Gasteiger partial charge in [0.1, 0.15) is 0 Å². The van der Waals surface area contributed by atoms with Crippen molar-refractivity contribution in [1.82, 2.24) is 19.6 Å². The molecule has 0 aliphatic heterocycles. The predicted molar refractivity (Wildman–Crippen MR) is 177 cm³/mol. The quantitative estimate of drug-likeness (QED) is 0.176. The molecule has 2 aromatic heterocycles. The fourth-order valence-electron chi connectivity index (χ4n) is 4.69. The van der Waals surface area contributed by atoms with Crippen LogP contribution < -0.4 is 50.9 Å². The first-order valence-electron chi connectivity index (χ1n) is 14.7. The Bertz CT molecular complexity index is 2340. The molecule has 249 valence electrons. The molecule has 0 amide bonds. The summed E-state index contributed by atoms with van der Waals surface area (Å²) in [5.41, 5.74) is 3.02. The minimum Gasteiger partial charge on any atom is -0.545 e. The van der Waals surface area contributed by atoms with E-state index in [4.69, 9.17) is 0 Å². The number of aryl methyl sites for hydroxylation is 3. The molecule has 0 aliphatic rings. The van der Waals surface area contributed by atoms with Crippen LogP contribution in [0.2, 0.25) is 0 Å². The number of aromatic carboxylic acids is 2. The topological polar surface area (TPSA) is 205 Å². The largest absolute Gasteiger partial charge is 3.00 e. The fourth-order valence-corrected chi connectivity index (χ4v) is 4.69. The molecule has 0 atom stereocenters. The van der Waals surface area contributed by atoms with Gasteiger partial charge in [0.2, 0.25) is 0 Å². The number of aromatic amines is 2. The van der Waals surface area contributed by atoms with Gasteiger partial charge < -0.3 is 19.8 Å². The fraction of sp³-hybridized carbons (Fsp3) is 0.0857. The van der Waals surface area contributed by atoms with E-state index in [0.29, 0.717) is 22.8 Å². The zero-order valence-electron chi connectivity index (χ0n) is 27.9. The number of para-hydroxylation sites is 1. The van der Waals surface area contributed by atoms with Crippen molar-refractivity contribution in [3.8, 4) is 11.4 Å². The monoisotopic (exact) mass is 731 g/mol. The van der Waals surface area contributed by atoms with Crippen molar-refractivity contribution in [2.24, 2.45) is 20.5 Å². The molecule has 6 rings (SSSR count). The molecule has 0 spiro atoms. The molecule has 2 heterocycles. The van der Waals surface area contributed by atoms with Crippen molar-refractivity contribution in [2.75, 3.05) is 0 Å². The molecule has 2 N–H and O–H groups in total. The number of benzene rings is 4. The van der Waals surface area contributed by atoms with E-state index >= 15 is 0 Å². The Labute approximate surface area is 323 Å². The molecule has 1 radical (unpaired) electrons. The van der Waals surface area contributed by atoms with Crippen molar-refractivity contribution in [3.63, 3.8) is 0 Å². The maximum absolute atomic E-state index is 12.6. The smallest absolute Gasteiger partial charge is 0.545 e. The molecule has 0 aliphatic carbocycles. The van der Waals surface area contributed by atoms with Gasteiger partial charge in [-0.15, -0.1) is 20.5 Å². The summed E-state index contributed by atoms with van der Waals surface area (Å²) in [6.45, 7) is 5.33. The van der Waals surface area contributed by atoms with Crippen LogP contribution in [0.5, 0.6) is 0 Å². The molecule has 16 heteroatoms. The third-order valence-electron chi connectivity index (χ3n) is 7.12. The number of aromatic nitrogens is 4. The summed E-state index contributed by atoms with van der Waals surface area (Å²) in [4.78, 5) is 47.2. The third kappa shape index (κ3) is 9.43. The van der Waals surface area contributed by atoms with Gasteiger partial charge in [-0.1, -0.05) is 66.7 Å². The minimum atomic E-state index is -1.35. The molecule has 0 saturated heterocycles. The van der Waals surface area contributed by atoms with Gasteiger partial charge in [0, 0.05) is 11.1 Å². The molecule has 0 fully saturated rings. The van der Waals surface area contributed by atoms with E-state index in [1.807, 2.05) is 43.3 Å². The SMILES string of the molecule is Cc1[nH]n(-c2ccccc2)c(=O)c1N=Nc1ccccc1C(=O)[O-].Cc1cccc(-n2[nH]c(C)c(N=Nc3ccccc3C(=O)[O-])c2=O)c1.[Cr+3].[Na+]. The number of nitrogens with one attached hydrogen (secondary N) is 2. The van der Waals surface area contributed by atoms with Crippen molar-refractivity contribution in [3.05, 3.63) is 152 Å². The van der Waals surface area contributed by atoms with Gasteiger partial charge in [0.05, 0.1) is 46.1 Å². The number of carboxylic acid groups (broad SMARTS) is 2. The van der Waals surface area contributed by atoms with E-state index in [-0.39, 0.29) is 91.9 Å². The van der Waals surface area contributed by atoms with Gasteiger partial charge in [-0.05, 0) is 62.7 Å². The molecular formula is C35H28CrN8NaO6+2. The molecule has 0 saturated carbocycles. The molecule has 51 heavy (non-hydrogen) atoms. The Hall–Kier alpha value is -5.43. The van der Waals surface area contributed by atoms with Crippen LogP contribution in [-0.4, -0.2) is 31.5 Å². The van der Waals surface area contributed by atoms with E-state index in [1.54, 1.807) is 56.3 Å². The average Bonchev–Trinajstić information content (AvgIpc) is 3.55. The second-order valence-electron chi connectivity index (χ2n) is 10.6. The Balaban J connectivity index is 0.000000265. The molecular weight excluding hydrogens is 703 g/mol. The summed E-state index contributed by atoms with van der Waals surface area (Å²) in [7, 11) is 0. The molecule has 4 aromatic carbocycles. The van der Waals surface area contributed by atoms with Crippen LogP contribution in [-0.2, 0) is 17.4 Å². The first-order valence-corrected chi connectivity index (χ1v) is 14.7. The van der Waals surface area contributed by atoms with Gasteiger partial charge >= 0.3 is 46.9 Å². The van der Waals surface area contributed by atoms with Crippen molar-refractivity contribution in [1.29, 1.82) is 0 Å². The van der Waals surface area contributed by atoms with E-state index in [9.17, 15) is 29.4 Å². The second kappa shape index (κ2) is 18.0. The van der Waals surface area contributed by atoms with E-state index in [0.717, 1.165) is 5.56 Å². The summed E-state index contributed by atoms with van der Waals surface area (Å²) < 4.78 is 2.73. The van der Waals surface area contributed by atoms with Crippen LogP contribution in [0.15, 0.2) is 133 Å². The number of rotatable bonds is 8. The Morgan fingerprint density at radius 2 is 0.980 bits per heavy atom. The van der Waals surface area contributed by atoms with Gasteiger partial charge in [-0.25, -0.2) is 9.36 Å². The number of H-pyrrole nitrogens is 2. The molecule has 6 aromatic rings. The maximum atomic E-state index is 12.6. The Morgan fingerprint density at radius 3 is 1.43 bits per heavy atom. The van der Waals surface area contributed by atoms with Gasteiger partial charge in [-0.3, -0.25) is 19.8 Å². The number of hydrogen-bond acceptors (Lipinski definition) is 10. The van der Waals surface area contributed by atoms with E-state index in [1.165, 1.54) is 33.6 Å². The molecule has 0 unspecified atom stereocenters. The van der Waals surface area contributed by atoms with Crippen LogP contribution >= 0.6 is 0 Å². The van der Waals surface area contributed by atoms with Gasteiger partial charge in [0.15, 0.2) is 11.4 Å². The summed E-state index contributed by atoms with van der Waals surface area (Å²) in [5.74, 6) is -2.70. The number of carbonyl (C=O) groups is 2. The standard InChI is InChI=1S/C18H16N4O3.C17H14N4O3.Cr.Na/c1-11-6-5-7-13(10-11)22-17(23)16(12(2)21-22)20-19-15-9-4-3-8-14(15)18(24)25;1-11-15(16(22)21(20-11)12-7-3-2-4-8-12)19-18-14-10-6-5-9-13(14)17(23)24;;/h3-10,21H,1-2H3,(H,24,25);2-10,20H,1H3,(H,23,24);;/q;;+3;+1/p-2. The maximum Gasteiger partial charge on any atom is 3.00 e. The van der Waals surface area contributed by atoms with Crippen molar-refractivity contribution in [2.45, 2.75) is 20.8 Å². The van der Waals surface area contributed by atoms with Crippen molar-refractivity contribution >= 4 is 34.7 Å². The van der Waals surface area contributed by atoms with Crippen LogP contribution in [0.1, 0.15) is 37.7 Å². The number of hydrogen-bond donors (Lipinski definition) is 2. The summed E-state index contributed by atoms with van der Waals surface area (Å²) in [6.07, 6.45) is 0. The van der Waals surface area contributed by atoms with Crippen LogP contribution in [0.25, 0.3) is 11.4 Å². The van der Waals surface area contributed by atoms with Crippen LogP contribution in [0.3, 0.4) is 0 Å². The number of carboxylic acids is 2. The van der Waals surface area contributed by atoms with Gasteiger partial charge in [-0.2, -0.15) is 0 Å². The number of azo groups is 2. The van der Waals surface area contributed by atoms with E-state index in [2.05, 4.69) is 30.7 Å². The zero-order valence-corrected chi connectivity index (χ0v) is 31.1. The zero-order chi connectivity index (χ0) is 35.1. The molecule has 14 nitrogen and oxygen atoms in total. The number of carbonyl (C=O) groups excluding carboxylic acids is 2. The summed E-state index contributed by atoms with van der Waals surface area (Å²) >= 11 is 0. The second-order valence-corrected chi connectivity index (χ2v) is 10.6. The predicted octanol–water partition coefficient (Wildman–Crippen LogP) is 1.82. The summed E-state index contributed by atoms with van der Waals surface area (Å²) in [5, 5.41) is 43.8. The van der Waals surface area contributed by atoms with Crippen LogP contribution in [0, 0.1) is 20.8 Å². The first-order chi connectivity index (χ1) is 23.5. The summed E-state index contributed by atoms with van der Waals surface area (Å²) in [6, 6.07) is 28.6. The Kier molecular flexibility index (Phi) is 14.1.